The Balaban J connectivity index is 1.03. The van der Waals surface area contributed by atoms with Crippen LogP contribution in [0.5, 0.6) is 0 Å². The molecule has 7 rings (SSSR count). The normalized spacial score (nSPS) is 27.4. The predicted octanol–water partition coefficient (Wildman–Crippen LogP) is 4.97. The molecule has 12 heteroatoms. The summed E-state index contributed by atoms with van der Waals surface area (Å²) in [5, 5.41) is 13.0. The highest BCUT2D eigenvalue weighted by Crippen LogP contribution is 2.35. The van der Waals surface area contributed by atoms with Crippen LogP contribution >= 0.6 is 11.6 Å². The van der Waals surface area contributed by atoms with Crippen molar-refractivity contribution in [1.29, 1.82) is 0 Å². The number of hydrogen-bond acceptors (Lipinski definition) is 6. The second kappa shape index (κ2) is 13.8. The topological polar surface area (TPSA) is 113 Å². The Labute approximate surface area is 284 Å². The van der Waals surface area contributed by atoms with Crippen molar-refractivity contribution in [2.24, 2.45) is 24.8 Å². The van der Waals surface area contributed by atoms with Crippen molar-refractivity contribution in [2.75, 3.05) is 44.8 Å². The van der Waals surface area contributed by atoms with Gasteiger partial charge in [-0.2, -0.15) is 0 Å². The Morgan fingerprint density at radius 2 is 1.79 bits per heavy atom. The van der Waals surface area contributed by atoms with Crippen molar-refractivity contribution in [3.8, 4) is 0 Å². The van der Waals surface area contributed by atoms with Crippen LogP contribution in [0.25, 0.3) is 10.9 Å². The van der Waals surface area contributed by atoms with E-state index in [1.54, 1.807) is 6.20 Å². The van der Waals surface area contributed by atoms with Gasteiger partial charge in [0.05, 0.1) is 60.6 Å². The summed E-state index contributed by atoms with van der Waals surface area (Å²) < 4.78 is 29.4. The first-order chi connectivity index (χ1) is 23.1. The number of carbonyl (C=O) groups excluding carboxylic acids is 2. The van der Waals surface area contributed by atoms with E-state index in [1.165, 1.54) is 12.1 Å². The summed E-state index contributed by atoms with van der Waals surface area (Å²) >= 11 is 6.56. The molecular weight excluding hydrogens is 639 g/mol. The first-order valence-corrected chi connectivity index (χ1v) is 17.3. The van der Waals surface area contributed by atoms with Crippen molar-refractivity contribution < 1.29 is 33.4 Å². The van der Waals surface area contributed by atoms with E-state index in [4.69, 9.17) is 21.1 Å². The summed E-state index contributed by atoms with van der Waals surface area (Å²) in [6.07, 6.45) is 4.83. The number of carbonyl (C=O) groups is 3. The highest BCUT2D eigenvalue weighted by molar-refractivity contribution is 6.34. The molecule has 1 aliphatic carbocycles. The fourth-order valence-electron chi connectivity index (χ4n) is 8.16. The van der Waals surface area contributed by atoms with Gasteiger partial charge in [-0.25, -0.2) is 4.39 Å². The third-order valence-corrected chi connectivity index (χ3v) is 11.2. The molecule has 2 N–H and O–H groups in total. The number of aromatic nitrogens is 1. The minimum absolute atomic E-state index is 0.0345. The number of hydrogen-bond donors (Lipinski definition) is 2. The second-order valence-corrected chi connectivity index (χ2v) is 14.4. The zero-order valence-electron chi connectivity index (χ0n) is 27.1. The van der Waals surface area contributed by atoms with Crippen LogP contribution in [0.3, 0.4) is 0 Å². The Morgan fingerprint density at radius 3 is 2.52 bits per heavy atom. The number of carboxylic acids is 1. The van der Waals surface area contributed by atoms with Gasteiger partial charge in [0.1, 0.15) is 5.82 Å². The molecule has 48 heavy (non-hydrogen) atoms. The van der Waals surface area contributed by atoms with Gasteiger partial charge in [-0.15, -0.1) is 0 Å². The van der Waals surface area contributed by atoms with Crippen LogP contribution in [0.1, 0.15) is 48.0 Å². The summed E-state index contributed by atoms with van der Waals surface area (Å²) in [7, 11) is 1.86. The maximum Gasteiger partial charge on any atom is 0.306 e. The largest absolute Gasteiger partial charge is 0.481 e. The predicted molar refractivity (Wildman–Crippen MR) is 179 cm³/mol. The van der Waals surface area contributed by atoms with Crippen LogP contribution in [0.2, 0.25) is 5.02 Å². The van der Waals surface area contributed by atoms with Gasteiger partial charge in [0.25, 0.3) is 5.91 Å². The summed E-state index contributed by atoms with van der Waals surface area (Å²) in [5.41, 5.74) is 1.65. The molecule has 10 nitrogen and oxygen atoms in total. The SMILES string of the molecule is Cn1cc(C(=O)Nc2cc(F)c(CC(=O)N3C[C@@H](N4C[C@H]5COC[C@H]5C4)C[C@H]3COC3CCC(C(=O)O)CC3)cc2Cl)c2ccccc21. The Hall–Kier alpha value is -3.51. The Kier molecular flexibility index (Phi) is 9.47. The van der Waals surface area contributed by atoms with E-state index < -0.39 is 17.7 Å². The average Bonchev–Trinajstić information content (AvgIpc) is 3.86. The van der Waals surface area contributed by atoms with Gasteiger partial charge >= 0.3 is 5.97 Å². The van der Waals surface area contributed by atoms with E-state index >= 15 is 4.39 Å². The molecule has 1 aromatic heterocycles. The third-order valence-electron chi connectivity index (χ3n) is 10.9. The van der Waals surface area contributed by atoms with Crippen LogP contribution in [-0.2, 0) is 32.5 Å². The number of anilines is 1. The van der Waals surface area contributed by atoms with Gasteiger partial charge in [0, 0.05) is 61.7 Å². The third kappa shape index (κ3) is 6.70. The molecule has 3 saturated heterocycles. The molecule has 3 aromatic rings. The Morgan fingerprint density at radius 1 is 1.06 bits per heavy atom. The van der Waals surface area contributed by atoms with Crippen LogP contribution in [0.15, 0.2) is 42.6 Å². The zero-order chi connectivity index (χ0) is 33.5. The second-order valence-electron chi connectivity index (χ2n) is 14.0. The summed E-state index contributed by atoms with van der Waals surface area (Å²) in [5.74, 6) is -1.27. The molecule has 0 spiro atoms. The number of ether oxygens (including phenoxy) is 2. The summed E-state index contributed by atoms with van der Waals surface area (Å²) in [4.78, 5) is 42.8. The molecule has 2 aromatic carbocycles. The average molecular weight is 681 g/mol. The lowest BCUT2D eigenvalue weighted by Crippen LogP contribution is -2.41. The number of nitrogens with one attached hydrogen (secondary N) is 1. The quantitative estimate of drug-likeness (QED) is 0.328. The maximum atomic E-state index is 15.5. The number of carboxylic acid groups (broad SMARTS) is 1. The van der Waals surface area contributed by atoms with Crippen molar-refractivity contribution in [3.63, 3.8) is 0 Å². The van der Waals surface area contributed by atoms with E-state index in [2.05, 4.69) is 10.2 Å². The molecule has 4 heterocycles. The van der Waals surface area contributed by atoms with Crippen LogP contribution in [0.4, 0.5) is 10.1 Å². The number of likely N-dealkylation sites (tertiary alicyclic amines) is 2. The number of nitrogens with zero attached hydrogens (tertiary/aromatic N) is 3. The number of rotatable bonds is 9. The van der Waals surface area contributed by atoms with Crippen molar-refractivity contribution >= 4 is 46.0 Å². The molecule has 0 unspecified atom stereocenters. The number of benzene rings is 2. The van der Waals surface area contributed by atoms with E-state index in [0.717, 1.165) is 43.6 Å². The number of aryl methyl sites for hydroxylation is 1. The highest BCUT2D eigenvalue weighted by atomic mass is 35.5. The van der Waals surface area contributed by atoms with Crippen LogP contribution < -0.4 is 5.32 Å². The first kappa shape index (κ1) is 33.0. The standard InChI is InChI=1S/C36H42ClFN4O6/c1-40-17-29(28-4-2-3-5-33(28)40)35(44)39-32-13-31(38)22(10-30(32)37)11-34(43)42-16-25(41-14-23-18-47-19-24(23)15-41)12-26(42)20-48-27-8-6-21(7-9-27)36(45)46/h2-5,10,13,17,21,23-27H,6-9,11-12,14-16,18-20H2,1H3,(H,39,44)(H,45,46)/t21?,23-,24+,25-,26-,27?/m0/s1. The van der Waals surface area contributed by atoms with Gasteiger partial charge in [-0.3, -0.25) is 19.3 Å². The number of amides is 2. The molecule has 2 amide bonds. The zero-order valence-corrected chi connectivity index (χ0v) is 27.8. The van der Waals surface area contributed by atoms with Gasteiger partial charge in [-0.05, 0) is 55.9 Å². The number of fused-ring (bicyclic) bond motifs is 2. The molecule has 1 saturated carbocycles. The minimum Gasteiger partial charge on any atom is -0.481 e. The van der Waals surface area contributed by atoms with Gasteiger partial charge < -0.3 is 29.4 Å². The van der Waals surface area contributed by atoms with E-state index in [0.29, 0.717) is 56.2 Å². The monoisotopic (exact) mass is 680 g/mol. The minimum atomic E-state index is -0.753. The molecule has 0 bridgehead atoms. The maximum absolute atomic E-state index is 15.5. The van der Waals surface area contributed by atoms with Gasteiger partial charge in [0.2, 0.25) is 5.91 Å². The van der Waals surface area contributed by atoms with E-state index in [-0.39, 0.29) is 52.7 Å². The lowest BCUT2D eigenvalue weighted by molar-refractivity contribution is -0.144. The summed E-state index contributed by atoms with van der Waals surface area (Å²) in [6, 6.07) is 10.1. The fourth-order valence-corrected chi connectivity index (χ4v) is 8.39. The molecule has 256 valence electrons. The smallest absolute Gasteiger partial charge is 0.306 e. The van der Waals surface area contributed by atoms with Gasteiger partial charge in [0.15, 0.2) is 0 Å². The molecule has 4 aliphatic rings. The van der Waals surface area contributed by atoms with E-state index in [9.17, 15) is 19.5 Å². The number of para-hydroxylation sites is 1. The number of halogens is 2. The molecule has 0 radical (unpaired) electrons. The van der Waals surface area contributed by atoms with Crippen molar-refractivity contribution in [1.82, 2.24) is 14.4 Å². The van der Waals surface area contributed by atoms with Crippen molar-refractivity contribution in [3.05, 3.63) is 64.6 Å². The van der Waals surface area contributed by atoms with Crippen molar-refractivity contribution in [2.45, 2.75) is 56.7 Å². The highest BCUT2D eigenvalue weighted by Gasteiger charge is 2.45. The van der Waals surface area contributed by atoms with Crippen LogP contribution in [-0.4, -0.2) is 94.9 Å². The Bertz CT molecular complexity index is 1690. The fraction of sp³-hybridized carbons (Fsp3) is 0.528. The molecule has 4 atom stereocenters. The molecule has 4 fully saturated rings. The molecule has 3 aliphatic heterocycles. The van der Waals surface area contributed by atoms with E-state index in [1.807, 2.05) is 40.8 Å². The lowest BCUT2D eigenvalue weighted by atomic mass is 9.87. The first-order valence-electron chi connectivity index (χ1n) is 16.9. The summed E-state index contributed by atoms with van der Waals surface area (Å²) in [6.45, 7) is 4.34. The lowest BCUT2D eigenvalue weighted by Gasteiger charge is -2.30. The number of aliphatic carboxylic acids is 1. The molecular formula is C36H42ClFN4O6. The van der Waals surface area contributed by atoms with Crippen LogP contribution in [0, 0.1) is 23.6 Å². The van der Waals surface area contributed by atoms with Gasteiger partial charge in [-0.1, -0.05) is 29.8 Å².